The van der Waals surface area contributed by atoms with Crippen LogP contribution in [0.5, 0.6) is 0 Å². The van der Waals surface area contributed by atoms with Crippen LogP contribution in [-0.2, 0) is 15.2 Å². The molecule has 338 valence electrons. The first kappa shape index (κ1) is 66.1. The normalized spacial score (nSPS) is 17.2. The van der Waals surface area contributed by atoms with Gasteiger partial charge in [0.05, 0.1) is 0 Å². The standard InChI is InChI=1S/C17HCl35O3S/c18-1(19,2(20,21)4(24,25)6(28,29)8(32,33)10(36,37)12(40,41)14(44,45)16(48,49)50)3(22,23)5(26,27)7(30,31)9(34,35)11(38,39)13(42,43)15(46,47)17(51,52)55-56(53)54/h56H. The SMILES string of the molecule is O=[SH](=O)OC(Cl)(Cl)C(Cl)(Cl)C(Cl)(Cl)C(Cl)(Cl)C(Cl)(Cl)C(Cl)(Cl)C(Cl)(Cl)C(Cl)(Cl)C(Cl)(Cl)C(Cl)(Cl)C(Cl)(Cl)C(Cl)(Cl)C(Cl)(Cl)C(Cl)(Cl)C(Cl)(Cl)C(Cl)(Cl)C(Cl)(Cl)Cl. The minimum Gasteiger partial charge on any atom is -0.229 e. The summed E-state index contributed by atoms with van der Waals surface area (Å²) in [5, 5.41) is 0. The van der Waals surface area contributed by atoms with E-state index in [0.29, 0.717) is 0 Å². The van der Waals surface area contributed by atoms with Gasteiger partial charge in [-0.25, -0.2) is 12.6 Å². The van der Waals surface area contributed by atoms with Crippen molar-refractivity contribution in [2.45, 2.75) is 73.3 Å². The number of hydrogen-bond donors (Lipinski definition) is 1. The van der Waals surface area contributed by atoms with Crippen LogP contribution >= 0.6 is 406 Å². The molecule has 0 saturated carbocycles. The molecule has 39 heteroatoms. The monoisotopic (exact) mass is 1510 g/mol. The Morgan fingerprint density at radius 3 is 0.464 bits per heavy atom. The lowest BCUT2D eigenvalue weighted by Gasteiger charge is -2.58. The third-order valence-electron chi connectivity index (χ3n) is 6.43. The van der Waals surface area contributed by atoms with Gasteiger partial charge in [-0.05, 0) is 0 Å². The maximum atomic E-state index is 11.2. The maximum absolute atomic E-state index is 11.2. The zero-order valence-electron chi connectivity index (χ0n) is 23.4. The van der Waals surface area contributed by atoms with E-state index in [1.54, 1.807) is 0 Å². The fourth-order valence-corrected chi connectivity index (χ4v) is 15.5. The number of rotatable bonds is 17. The van der Waals surface area contributed by atoms with Crippen molar-refractivity contribution in [3.8, 4) is 0 Å². The predicted molar refractivity (Wildman–Crippen MR) is 263 cm³/mol. The fraction of sp³-hybridized carbons (Fsp3) is 1.00. The van der Waals surface area contributed by atoms with Gasteiger partial charge in [0.25, 0.3) is 15.5 Å². The van der Waals surface area contributed by atoms with E-state index in [9.17, 15) is 8.42 Å². The second kappa shape index (κ2) is 19.8. The summed E-state index contributed by atoms with van der Waals surface area (Å²) in [6.45, 7) is 0. The molecule has 0 aliphatic carbocycles. The van der Waals surface area contributed by atoms with E-state index in [1.165, 1.54) is 0 Å². The molecule has 0 radical (unpaired) electrons. The van der Waals surface area contributed by atoms with Gasteiger partial charge in [-0.2, -0.15) is 0 Å². The van der Waals surface area contributed by atoms with E-state index in [1.807, 2.05) is 0 Å². The lowest BCUT2D eigenvalue weighted by molar-refractivity contribution is 0.223. The molecule has 0 saturated heterocycles. The molecule has 0 atom stereocenters. The second-order valence-electron chi connectivity index (χ2n) is 9.95. The Morgan fingerprint density at radius 1 is 0.214 bits per heavy atom. The molecule has 0 amide bonds. The highest BCUT2D eigenvalue weighted by atomic mass is 35.6. The Balaban J connectivity index is 7.82. The average Bonchev–Trinajstić information content (AvgIpc) is 2.94. The van der Waals surface area contributed by atoms with Gasteiger partial charge in [0.1, 0.15) is 0 Å². The molecule has 0 aliphatic rings. The minimum absolute atomic E-state index is 2.88. The number of halogens is 35. The van der Waals surface area contributed by atoms with E-state index in [2.05, 4.69) is 4.18 Å². The topological polar surface area (TPSA) is 43.4 Å². The molecule has 0 spiro atoms. The van der Waals surface area contributed by atoms with Crippen molar-refractivity contribution in [3.05, 3.63) is 0 Å². The third kappa shape index (κ3) is 10.1. The lowest BCUT2D eigenvalue weighted by Crippen LogP contribution is -2.76. The molecule has 3 nitrogen and oxygen atoms in total. The van der Waals surface area contributed by atoms with Gasteiger partial charge in [-0.15, -0.1) is 0 Å². The van der Waals surface area contributed by atoms with Crippen molar-refractivity contribution >= 4 is 417 Å². The van der Waals surface area contributed by atoms with Crippen molar-refractivity contribution in [3.63, 3.8) is 0 Å². The van der Waals surface area contributed by atoms with E-state index in [4.69, 9.17) is 406 Å². The Hall–Kier alpha value is 10.1. The molecule has 0 aromatic carbocycles. The van der Waals surface area contributed by atoms with Gasteiger partial charge >= 0.3 is 0 Å². The summed E-state index contributed by atoms with van der Waals surface area (Å²) < 4.78 is -33.3. The quantitative estimate of drug-likeness (QED) is 0.117. The van der Waals surface area contributed by atoms with Crippen LogP contribution in [0.15, 0.2) is 0 Å². The maximum Gasteiger partial charge on any atom is 0.270 e. The lowest BCUT2D eigenvalue weighted by atomic mass is 9.96. The summed E-state index contributed by atoms with van der Waals surface area (Å²) >= 11 is 221. The number of thiol groups is 1. The zero-order valence-corrected chi connectivity index (χ0v) is 50.8. The first-order valence-electron chi connectivity index (χ1n) is 11.4. The van der Waals surface area contributed by atoms with Crippen LogP contribution in [0, 0.1) is 0 Å². The highest BCUT2D eigenvalue weighted by molar-refractivity contribution is 7.67. The Kier molecular flexibility index (Phi) is 23.4. The summed E-state index contributed by atoms with van der Waals surface area (Å²) in [6.07, 6.45) is 0. The molecule has 0 heterocycles. The van der Waals surface area contributed by atoms with E-state index in [0.717, 1.165) is 0 Å². The van der Waals surface area contributed by atoms with Crippen LogP contribution in [0.2, 0.25) is 0 Å². The largest absolute Gasteiger partial charge is 0.270 e. The first-order chi connectivity index (χ1) is 23.4. The van der Waals surface area contributed by atoms with E-state index >= 15 is 0 Å². The summed E-state index contributed by atoms with van der Waals surface area (Å²) in [4.78, 5) is 0. The van der Waals surface area contributed by atoms with Gasteiger partial charge in [0.2, 0.25) is 12.5 Å². The first-order valence-corrected chi connectivity index (χ1v) is 25.7. The molecular weight excluding hydrogens is 1530 g/mol. The third-order valence-corrected chi connectivity index (χ3v) is 32.0. The van der Waals surface area contributed by atoms with Crippen LogP contribution in [0.1, 0.15) is 0 Å². The van der Waals surface area contributed by atoms with Gasteiger partial charge in [0.15, 0.2) is 56.3 Å². The molecule has 0 rings (SSSR count). The van der Waals surface area contributed by atoms with Crippen LogP contribution in [-0.4, -0.2) is 81.7 Å². The van der Waals surface area contributed by atoms with Crippen molar-refractivity contribution in [1.82, 2.24) is 0 Å². The van der Waals surface area contributed by atoms with Gasteiger partial charge in [0, 0.05) is 0 Å². The highest BCUT2D eigenvalue weighted by Gasteiger charge is 2.88. The predicted octanol–water partition coefficient (Wildman–Crippen LogP) is 19.6. The Morgan fingerprint density at radius 2 is 0.339 bits per heavy atom. The van der Waals surface area contributed by atoms with E-state index < -0.39 is 84.3 Å². The molecule has 0 fully saturated rings. The average molecular weight is 1530 g/mol. The summed E-state index contributed by atoms with van der Waals surface area (Å²) in [5.74, 6) is 0. The van der Waals surface area contributed by atoms with Gasteiger partial charge < -0.3 is 0 Å². The molecule has 0 aliphatic heterocycles. The highest BCUT2D eigenvalue weighted by Crippen LogP contribution is 2.78. The van der Waals surface area contributed by atoms with Crippen molar-refractivity contribution < 1.29 is 12.6 Å². The fourth-order valence-electron chi connectivity index (χ4n) is 3.07. The van der Waals surface area contributed by atoms with Crippen LogP contribution in [0.3, 0.4) is 0 Å². The minimum atomic E-state index is -3.99. The zero-order chi connectivity index (χ0) is 46.8. The van der Waals surface area contributed by atoms with Crippen LogP contribution in [0.25, 0.3) is 0 Å². The number of hydrogen-bond acceptors (Lipinski definition) is 3. The summed E-state index contributed by atoms with van der Waals surface area (Å²) in [5.41, 5.74) is 0. The Bertz CT molecular complexity index is 1520. The summed E-state index contributed by atoms with van der Waals surface area (Å²) in [7, 11) is -3.99. The smallest absolute Gasteiger partial charge is 0.229 e. The molecule has 0 unspecified atom stereocenters. The van der Waals surface area contributed by atoms with Crippen molar-refractivity contribution in [1.29, 1.82) is 0 Å². The Labute approximate surface area is 494 Å². The second-order valence-corrected chi connectivity index (χ2v) is 34.0. The molecule has 0 bridgehead atoms. The molecule has 0 aromatic rings. The van der Waals surface area contributed by atoms with Gasteiger partial charge in [-0.3, -0.25) is 0 Å². The molecule has 0 aromatic heterocycles. The number of alkyl halides is 35. The van der Waals surface area contributed by atoms with Gasteiger partial charge in [-0.1, -0.05) is 406 Å². The molecule has 56 heavy (non-hydrogen) atoms. The molecular formula is C17HCl35O3S. The van der Waals surface area contributed by atoms with Crippen LogP contribution in [0.4, 0.5) is 0 Å². The van der Waals surface area contributed by atoms with Crippen molar-refractivity contribution in [2.24, 2.45) is 0 Å². The molecule has 0 N–H and O–H groups in total. The van der Waals surface area contributed by atoms with E-state index in [-0.39, 0.29) is 0 Å². The van der Waals surface area contributed by atoms with Crippen LogP contribution < -0.4 is 0 Å². The van der Waals surface area contributed by atoms with Crippen molar-refractivity contribution in [2.75, 3.05) is 0 Å². The summed E-state index contributed by atoms with van der Waals surface area (Å²) in [6, 6.07) is 0.